The highest BCUT2D eigenvalue weighted by atomic mass is 16.6. The Morgan fingerprint density at radius 3 is 2.47 bits per heavy atom. The SMILES string of the molecule is Cc1noc(C)c1C=C(C(C)C)[N+](=O)[O-]. The maximum Gasteiger partial charge on any atom is 0.249 e. The summed E-state index contributed by atoms with van der Waals surface area (Å²) in [5.41, 5.74) is 1.55. The van der Waals surface area contributed by atoms with Gasteiger partial charge in [-0.1, -0.05) is 19.0 Å². The zero-order valence-corrected chi connectivity index (χ0v) is 9.27. The first-order valence-electron chi connectivity index (χ1n) is 4.72. The van der Waals surface area contributed by atoms with Crippen molar-refractivity contribution in [1.82, 2.24) is 5.16 Å². The van der Waals surface area contributed by atoms with E-state index < -0.39 is 0 Å². The number of aromatic nitrogens is 1. The van der Waals surface area contributed by atoms with Gasteiger partial charge in [-0.3, -0.25) is 10.1 Å². The fourth-order valence-corrected chi connectivity index (χ4v) is 1.27. The van der Waals surface area contributed by atoms with Crippen LogP contribution in [0.4, 0.5) is 0 Å². The summed E-state index contributed by atoms with van der Waals surface area (Å²) >= 11 is 0. The van der Waals surface area contributed by atoms with Crippen LogP contribution >= 0.6 is 0 Å². The largest absolute Gasteiger partial charge is 0.361 e. The zero-order valence-electron chi connectivity index (χ0n) is 9.27. The van der Waals surface area contributed by atoms with Crippen LogP contribution in [-0.4, -0.2) is 10.1 Å². The Labute approximate surface area is 87.9 Å². The van der Waals surface area contributed by atoms with E-state index in [9.17, 15) is 10.1 Å². The minimum Gasteiger partial charge on any atom is -0.361 e. The van der Waals surface area contributed by atoms with E-state index >= 15 is 0 Å². The Kier molecular flexibility index (Phi) is 3.24. The first kappa shape index (κ1) is 11.4. The van der Waals surface area contributed by atoms with Crippen LogP contribution in [-0.2, 0) is 0 Å². The van der Waals surface area contributed by atoms with Crippen LogP contribution in [0.25, 0.3) is 6.08 Å². The second-order valence-electron chi connectivity index (χ2n) is 3.72. The van der Waals surface area contributed by atoms with Crippen molar-refractivity contribution in [3.8, 4) is 0 Å². The van der Waals surface area contributed by atoms with Gasteiger partial charge in [0.15, 0.2) is 0 Å². The quantitative estimate of drug-likeness (QED) is 0.567. The van der Waals surface area contributed by atoms with Gasteiger partial charge in [0.25, 0.3) is 0 Å². The van der Waals surface area contributed by atoms with Gasteiger partial charge < -0.3 is 4.52 Å². The first-order valence-corrected chi connectivity index (χ1v) is 4.72. The van der Waals surface area contributed by atoms with E-state index in [2.05, 4.69) is 5.16 Å². The topological polar surface area (TPSA) is 69.2 Å². The summed E-state index contributed by atoms with van der Waals surface area (Å²) < 4.78 is 4.94. The lowest BCUT2D eigenvalue weighted by atomic mass is 10.1. The first-order chi connectivity index (χ1) is 6.93. The molecule has 1 aromatic rings. The van der Waals surface area contributed by atoms with Crippen molar-refractivity contribution < 1.29 is 9.45 Å². The van der Waals surface area contributed by atoms with Crippen LogP contribution in [0.5, 0.6) is 0 Å². The van der Waals surface area contributed by atoms with Crippen molar-refractivity contribution in [1.29, 1.82) is 0 Å². The summed E-state index contributed by atoms with van der Waals surface area (Å²) in [6, 6.07) is 0. The second-order valence-corrected chi connectivity index (χ2v) is 3.72. The summed E-state index contributed by atoms with van der Waals surface area (Å²) in [6.07, 6.45) is 1.53. The van der Waals surface area contributed by atoms with E-state index in [0.717, 1.165) is 0 Å². The molecule has 0 amide bonds. The van der Waals surface area contributed by atoms with Gasteiger partial charge in [-0.25, -0.2) is 0 Å². The van der Waals surface area contributed by atoms with Crippen molar-refractivity contribution >= 4 is 6.08 Å². The Balaban J connectivity index is 3.19. The molecule has 0 saturated carbocycles. The molecule has 0 spiro atoms. The van der Waals surface area contributed by atoms with Crippen molar-refractivity contribution in [2.24, 2.45) is 5.92 Å². The average molecular weight is 210 g/mol. The fourth-order valence-electron chi connectivity index (χ4n) is 1.27. The predicted molar refractivity (Wildman–Crippen MR) is 55.8 cm³/mol. The summed E-state index contributed by atoms with van der Waals surface area (Å²) in [4.78, 5) is 10.4. The highest BCUT2D eigenvalue weighted by molar-refractivity contribution is 5.55. The minimum absolute atomic E-state index is 0.131. The summed E-state index contributed by atoms with van der Waals surface area (Å²) in [5.74, 6) is 0.473. The average Bonchev–Trinajstić information content (AvgIpc) is 2.42. The van der Waals surface area contributed by atoms with Gasteiger partial charge in [-0.2, -0.15) is 0 Å². The van der Waals surface area contributed by atoms with E-state index in [0.29, 0.717) is 17.0 Å². The number of rotatable bonds is 3. The maximum atomic E-state index is 10.8. The van der Waals surface area contributed by atoms with E-state index in [1.807, 2.05) is 0 Å². The number of hydrogen-bond acceptors (Lipinski definition) is 4. The monoisotopic (exact) mass is 210 g/mol. The van der Waals surface area contributed by atoms with Crippen molar-refractivity contribution in [2.45, 2.75) is 27.7 Å². The molecular weight excluding hydrogens is 196 g/mol. The molecule has 0 radical (unpaired) electrons. The van der Waals surface area contributed by atoms with Crippen molar-refractivity contribution in [2.75, 3.05) is 0 Å². The van der Waals surface area contributed by atoms with Gasteiger partial charge in [0.1, 0.15) is 5.76 Å². The van der Waals surface area contributed by atoms with E-state index in [4.69, 9.17) is 4.52 Å². The molecular formula is C10H14N2O3. The molecule has 5 nitrogen and oxygen atoms in total. The standard InChI is InChI=1S/C10H14N2O3/c1-6(2)10(12(13)14)5-9-7(3)11-15-8(9)4/h5-6H,1-4H3. The number of hydrogen-bond donors (Lipinski definition) is 0. The van der Waals surface area contributed by atoms with Crippen LogP contribution in [0.1, 0.15) is 30.9 Å². The molecule has 0 saturated heterocycles. The molecule has 0 aliphatic carbocycles. The van der Waals surface area contributed by atoms with E-state index in [-0.39, 0.29) is 16.5 Å². The molecule has 0 aromatic carbocycles. The normalized spacial score (nSPS) is 12.2. The van der Waals surface area contributed by atoms with Gasteiger partial charge in [0.05, 0.1) is 10.6 Å². The molecule has 1 heterocycles. The Hall–Kier alpha value is -1.65. The summed E-state index contributed by atoms with van der Waals surface area (Å²) in [5, 5.41) is 14.5. The molecule has 0 aliphatic rings. The predicted octanol–water partition coefficient (Wildman–Crippen LogP) is 2.57. The van der Waals surface area contributed by atoms with Gasteiger partial charge in [0, 0.05) is 17.6 Å². The number of nitrogens with zero attached hydrogens (tertiary/aromatic N) is 2. The smallest absolute Gasteiger partial charge is 0.249 e. The molecule has 0 N–H and O–H groups in total. The van der Waals surface area contributed by atoms with E-state index in [1.165, 1.54) is 6.08 Å². The molecule has 15 heavy (non-hydrogen) atoms. The lowest BCUT2D eigenvalue weighted by Gasteiger charge is -2.01. The molecule has 0 aliphatic heterocycles. The van der Waals surface area contributed by atoms with Gasteiger partial charge >= 0.3 is 0 Å². The Bertz CT molecular complexity index is 385. The fraction of sp³-hybridized carbons (Fsp3) is 0.500. The zero-order chi connectivity index (χ0) is 11.6. The lowest BCUT2D eigenvalue weighted by Crippen LogP contribution is -2.05. The maximum absolute atomic E-state index is 10.8. The van der Waals surface area contributed by atoms with Crippen molar-refractivity contribution in [3.63, 3.8) is 0 Å². The van der Waals surface area contributed by atoms with Crippen LogP contribution < -0.4 is 0 Å². The molecule has 0 atom stereocenters. The molecule has 0 fully saturated rings. The Morgan fingerprint density at radius 2 is 2.13 bits per heavy atom. The highest BCUT2D eigenvalue weighted by Gasteiger charge is 2.18. The van der Waals surface area contributed by atoms with Gasteiger partial charge in [0.2, 0.25) is 5.70 Å². The summed E-state index contributed by atoms with van der Waals surface area (Å²) in [6.45, 7) is 7.07. The van der Waals surface area contributed by atoms with Crippen LogP contribution in [0.15, 0.2) is 10.2 Å². The Morgan fingerprint density at radius 1 is 1.53 bits per heavy atom. The summed E-state index contributed by atoms with van der Waals surface area (Å²) in [7, 11) is 0. The van der Waals surface area contributed by atoms with Crippen LogP contribution in [0.3, 0.4) is 0 Å². The molecule has 82 valence electrons. The van der Waals surface area contributed by atoms with Gasteiger partial charge in [-0.05, 0) is 13.8 Å². The van der Waals surface area contributed by atoms with Crippen LogP contribution in [0.2, 0.25) is 0 Å². The number of aryl methyl sites for hydroxylation is 2. The third-order valence-electron chi connectivity index (χ3n) is 2.18. The van der Waals surface area contributed by atoms with Crippen molar-refractivity contribution in [3.05, 3.63) is 32.8 Å². The second kappa shape index (κ2) is 4.25. The molecule has 1 rings (SSSR count). The highest BCUT2D eigenvalue weighted by Crippen LogP contribution is 2.20. The van der Waals surface area contributed by atoms with E-state index in [1.54, 1.807) is 27.7 Å². The molecule has 0 bridgehead atoms. The molecule has 0 unspecified atom stereocenters. The lowest BCUT2D eigenvalue weighted by molar-refractivity contribution is -0.431. The molecule has 1 aromatic heterocycles. The number of allylic oxidation sites excluding steroid dienone is 1. The minimum atomic E-state index is -0.365. The van der Waals surface area contributed by atoms with Crippen LogP contribution in [0, 0.1) is 29.9 Å². The van der Waals surface area contributed by atoms with Gasteiger partial charge in [-0.15, -0.1) is 0 Å². The molecule has 5 heteroatoms. The third kappa shape index (κ3) is 2.43. The third-order valence-corrected chi connectivity index (χ3v) is 2.18. The number of nitro groups is 1.